The number of benzene rings is 1. The minimum atomic E-state index is 0.949. The predicted molar refractivity (Wildman–Crippen MR) is 111 cm³/mol. The Kier molecular flexibility index (Phi) is 5.12. The Labute approximate surface area is 161 Å². The van der Waals surface area contributed by atoms with E-state index in [0.717, 1.165) is 37.5 Å². The molecule has 0 spiro atoms. The fourth-order valence-electron chi connectivity index (χ4n) is 4.24. The van der Waals surface area contributed by atoms with E-state index in [2.05, 4.69) is 65.6 Å². The Morgan fingerprint density at radius 1 is 1.04 bits per heavy atom. The second-order valence-corrected chi connectivity index (χ2v) is 7.58. The monoisotopic (exact) mass is 364 g/mol. The molecule has 1 fully saturated rings. The molecular formula is C22H30N5+. The van der Waals surface area contributed by atoms with Crippen molar-refractivity contribution in [2.75, 3.05) is 37.6 Å². The zero-order valence-electron chi connectivity index (χ0n) is 16.7. The molecule has 1 aliphatic heterocycles. The normalized spacial score (nSPS) is 15.6. The molecule has 1 N–H and O–H groups in total. The van der Waals surface area contributed by atoms with E-state index >= 15 is 0 Å². The number of likely N-dealkylation sites (N-methyl/N-ethyl adjacent to an activating group) is 1. The van der Waals surface area contributed by atoms with Gasteiger partial charge in [0, 0.05) is 12.2 Å². The lowest BCUT2D eigenvalue weighted by Crippen LogP contribution is -3.14. The van der Waals surface area contributed by atoms with Crippen molar-refractivity contribution in [3.05, 3.63) is 53.5 Å². The summed E-state index contributed by atoms with van der Waals surface area (Å²) >= 11 is 0. The van der Waals surface area contributed by atoms with Crippen LogP contribution in [0.1, 0.15) is 23.7 Å². The van der Waals surface area contributed by atoms with Crippen molar-refractivity contribution in [3.8, 4) is 0 Å². The summed E-state index contributed by atoms with van der Waals surface area (Å²) in [5.74, 6) is 1.12. The first-order chi connectivity index (χ1) is 13.2. The molecule has 4 rings (SSSR count). The van der Waals surface area contributed by atoms with E-state index in [4.69, 9.17) is 4.98 Å². The first-order valence-electron chi connectivity index (χ1n) is 10.1. The highest BCUT2D eigenvalue weighted by molar-refractivity contribution is 5.92. The number of quaternary nitrogens is 1. The predicted octanol–water partition coefficient (Wildman–Crippen LogP) is 2.02. The first-order valence-corrected chi connectivity index (χ1v) is 10.1. The first kappa shape index (κ1) is 18.0. The third kappa shape index (κ3) is 3.44. The summed E-state index contributed by atoms with van der Waals surface area (Å²) < 4.78 is 2.37. The van der Waals surface area contributed by atoms with E-state index < -0.39 is 0 Å². The topological polar surface area (TPSA) is 38.4 Å². The van der Waals surface area contributed by atoms with E-state index in [9.17, 15) is 0 Å². The molecule has 0 unspecified atom stereocenters. The number of piperazine rings is 1. The lowest BCUT2D eigenvalue weighted by atomic mass is 10.1. The van der Waals surface area contributed by atoms with Crippen LogP contribution in [0.3, 0.4) is 0 Å². The van der Waals surface area contributed by atoms with Gasteiger partial charge in [-0.05, 0) is 38.3 Å². The molecular weight excluding hydrogens is 334 g/mol. The zero-order chi connectivity index (χ0) is 18.8. The summed E-state index contributed by atoms with van der Waals surface area (Å²) in [6.07, 6.45) is 2.76. The molecule has 2 aromatic heterocycles. The van der Waals surface area contributed by atoms with Crippen LogP contribution >= 0.6 is 0 Å². The second-order valence-electron chi connectivity index (χ2n) is 7.58. The molecule has 1 saturated heterocycles. The maximum absolute atomic E-state index is 4.71. The Morgan fingerprint density at radius 2 is 1.78 bits per heavy atom. The van der Waals surface area contributed by atoms with Gasteiger partial charge in [-0.1, -0.05) is 30.3 Å². The minimum Gasteiger partial charge on any atom is -0.345 e. The number of nitrogens with one attached hydrogen (secondary N) is 1. The minimum absolute atomic E-state index is 0.949. The number of fused-ring (bicyclic) bond motifs is 1. The van der Waals surface area contributed by atoms with Gasteiger partial charge < -0.3 is 14.4 Å². The molecule has 0 radical (unpaired) electrons. The van der Waals surface area contributed by atoms with Crippen LogP contribution in [0.4, 0.5) is 5.82 Å². The largest absolute Gasteiger partial charge is 0.345 e. The van der Waals surface area contributed by atoms with E-state index in [0.29, 0.717) is 0 Å². The fraction of sp³-hybridized carbons (Fsp3) is 0.455. The van der Waals surface area contributed by atoms with Crippen LogP contribution < -0.4 is 9.80 Å². The van der Waals surface area contributed by atoms with Gasteiger partial charge in [0.1, 0.15) is 17.8 Å². The SMILES string of the molecule is CC[NH+]1CCN(c2ncnc3c2c(C)c(C)n3CCc2ccccc2)CC1. The van der Waals surface area contributed by atoms with Crippen molar-refractivity contribution in [1.82, 2.24) is 14.5 Å². The zero-order valence-corrected chi connectivity index (χ0v) is 16.7. The van der Waals surface area contributed by atoms with Crippen LogP contribution in [0, 0.1) is 13.8 Å². The highest BCUT2D eigenvalue weighted by Crippen LogP contribution is 2.31. The van der Waals surface area contributed by atoms with Crippen LogP contribution in [0.25, 0.3) is 11.0 Å². The smallest absolute Gasteiger partial charge is 0.145 e. The van der Waals surface area contributed by atoms with Crippen molar-refractivity contribution in [2.45, 2.75) is 33.7 Å². The fourth-order valence-corrected chi connectivity index (χ4v) is 4.24. The maximum Gasteiger partial charge on any atom is 0.145 e. The third-order valence-corrected chi connectivity index (χ3v) is 6.12. The highest BCUT2D eigenvalue weighted by atomic mass is 15.3. The number of rotatable bonds is 5. The average molecular weight is 365 g/mol. The van der Waals surface area contributed by atoms with Gasteiger partial charge in [0.15, 0.2) is 0 Å². The van der Waals surface area contributed by atoms with Crippen molar-refractivity contribution in [2.24, 2.45) is 0 Å². The standard InChI is InChI=1S/C22H29N5/c1-4-25-12-14-26(15-13-25)21-20-17(2)18(3)27(22(20)24-16-23-21)11-10-19-8-6-5-7-9-19/h5-9,16H,4,10-15H2,1-3H3/p+1. The van der Waals surface area contributed by atoms with Crippen LogP contribution in [-0.2, 0) is 13.0 Å². The summed E-state index contributed by atoms with van der Waals surface area (Å²) in [6.45, 7) is 13.4. The van der Waals surface area contributed by atoms with Gasteiger partial charge >= 0.3 is 0 Å². The maximum atomic E-state index is 4.71. The number of nitrogens with zero attached hydrogens (tertiary/aromatic N) is 4. The summed E-state index contributed by atoms with van der Waals surface area (Å²) in [6, 6.07) is 10.7. The summed E-state index contributed by atoms with van der Waals surface area (Å²) in [5.41, 5.74) is 5.07. The van der Waals surface area contributed by atoms with Crippen molar-refractivity contribution >= 4 is 16.9 Å². The van der Waals surface area contributed by atoms with Gasteiger partial charge in [0.05, 0.1) is 38.1 Å². The molecule has 0 saturated carbocycles. The summed E-state index contributed by atoms with van der Waals surface area (Å²) in [4.78, 5) is 13.5. The number of anilines is 1. The Bertz CT molecular complexity index is 907. The Morgan fingerprint density at radius 3 is 2.48 bits per heavy atom. The van der Waals surface area contributed by atoms with Gasteiger partial charge in [-0.2, -0.15) is 0 Å². The van der Waals surface area contributed by atoms with E-state index in [1.54, 1.807) is 11.2 Å². The molecule has 1 aliphatic rings. The van der Waals surface area contributed by atoms with E-state index in [1.165, 1.54) is 41.8 Å². The van der Waals surface area contributed by atoms with Crippen LogP contribution in [-0.4, -0.2) is 47.3 Å². The molecule has 0 bridgehead atoms. The van der Waals surface area contributed by atoms with Gasteiger partial charge in [-0.15, -0.1) is 0 Å². The lowest BCUT2D eigenvalue weighted by molar-refractivity contribution is -0.898. The van der Waals surface area contributed by atoms with Gasteiger partial charge in [-0.25, -0.2) is 9.97 Å². The third-order valence-electron chi connectivity index (χ3n) is 6.12. The number of aromatic nitrogens is 3. The van der Waals surface area contributed by atoms with E-state index in [-0.39, 0.29) is 0 Å². The van der Waals surface area contributed by atoms with Crippen LogP contribution in [0.15, 0.2) is 36.7 Å². The van der Waals surface area contributed by atoms with Gasteiger partial charge in [0.2, 0.25) is 0 Å². The Balaban J connectivity index is 1.65. The number of hydrogen-bond acceptors (Lipinski definition) is 3. The van der Waals surface area contributed by atoms with Crippen molar-refractivity contribution < 1.29 is 4.90 Å². The lowest BCUT2D eigenvalue weighted by Gasteiger charge is -2.32. The molecule has 0 amide bonds. The molecule has 1 aromatic carbocycles. The molecule has 142 valence electrons. The average Bonchev–Trinajstić information content (AvgIpc) is 2.97. The molecule has 0 atom stereocenters. The Hall–Kier alpha value is -2.40. The van der Waals surface area contributed by atoms with Crippen LogP contribution in [0.5, 0.6) is 0 Å². The number of aryl methyl sites for hydroxylation is 3. The van der Waals surface area contributed by atoms with Gasteiger partial charge in [0.25, 0.3) is 0 Å². The molecule has 27 heavy (non-hydrogen) atoms. The molecule has 5 nitrogen and oxygen atoms in total. The summed E-state index contributed by atoms with van der Waals surface area (Å²) in [7, 11) is 0. The van der Waals surface area contributed by atoms with Crippen molar-refractivity contribution in [1.29, 1.82) is 0 Å². The number of hydrogen-bond donors (Lipinski definition) is 1. The van der Waals surface area contributed by atoms with Crippen LogP contribution in [0.2, 0.25) is 0 Å². The quantitative estimate of drug-likeness (QED) is 0.753. The van der Waals surface area contributed by atoms with Gasteiger partial charge in [-0.3, -0.25) is 0 Å². The molecule has 0 aliphatic carbocycles. The van der Waals surface area contributed by atoms with Crippen molar-refractivity contribution in [3.63, 3.8) is 0 Å². The molecule has 3 heterocycles. The van der Waals surface area contributed by atoms with E-state index in [1.807, 2.05) is 0 Å². The second kappa shape index (κ2) is 7.69. The molecule has 5 heteroatoms. The molecule has 3 aromatic rings. The highest BCUT2D eigenvalue weighted by Gasteiger charge is 2.24. The summed E-state index contributed by atoms with van der Waals surface area (Å²) in [5, 5.41) is 1.24.